The van der Waals surface area contributed by atoms with Crippen molar-refractivity contribution >= 4 is 11.9 Å². The lowest BCUT2D eigenvalue weighted by atomic mass is 9.74. The summed E-state index contributed by atoms with van der Waals surface area (Å²) in [5.74, 6) is -1.45. The van der Waals surface area contributed by atoms with Gasteiger partial charge in [-0.2, -0.15) is 0 Å². The van der Waals surface area contributed by atoms with Gasteiger partial charge in [-0.3, -0.25) is 4.79 Å². The molecule has 0 radical (unpaired) electrons. The molecule has 1 saturated heterocycles. The van der Waals surface area contributed by atoms with Crippen LogP contribution in [0.25, 0.3) is 0 Å². The minimum absolute atomic E-state index is 0.0364. The Bertz CT molecular complexity index is 462. The van der Waals surface area contributed by atoms with Gasteiger partial charge in [0.1, 0.15) is 11.4 Å². The zero-order chi connectivity index (χ0) is 17.3. The van der Waals surface area contributed by atoms with E-state index in [2.05, 4.69) is 5.32 Å². The lowest BCUT2D eigenvalue weighted by molar-refractivity contribution is -0.202. The molecule has 0 aromatic heterocycles. The Balaban J connectivity index is 1.96. The summed E-state index contributed by atoms with van der Waals surface area (Å²) in [5.41, 5.74) is -2.01. The lowest BCUT2D eigenvalue weighted by Gasteiger charge is -2.41. The smallest absolute Gasteiger partial charge is 0.407 e. The van der Waals surface area contributed by atoms with Gasteiger partial charge in [-0.15, -0.1) is 0 Å². The second-order valence-corrected chi connectivity index (χ2v) is 7.54. The van der Waals surface area contributed by atoms with Crippen LogP contribution in [0.3, 0.4) is 0 Å². The SMILES string of the molecule is CC(C)(C)OC(=O)NCC(C)(O)C1CC2(CCC1=O)OCCO2. The Morgan fingerprint density at radius 2 is 1.96 bits per heavy atom. The standard InChI is InChI=1S/C16H27NO6/c1-14(2,3)23-13(19)17-10-15(4,20)11-9-16(6-5-12(11)18)21-7-8-22-16/h11,20H,5-10H2,1-4H3,(H,17,19). The Morgan fingerprint density at radius 1 is 1.35 bits per heavy atom. The van der Waals surface area contributed by atoms with Crippen LogP contribution in [0.1, 0.15) is 47.0 Å². The molecule has 23 heavy (non-hydrogen) atoms. The minimum Gasteiger partial charge on any atom is -0.444 e. The van der Waals surface area contributed by atoms with Gasteiger partial charge in [-0.25, -0.2) is 4.79 Å². The van der Waals surface area contributed by atoms with Gasteiger partial charge in [0.05, 0.1) is 31.3 Å². The molecule has 1 amide bonds. The van der Waals surface area contributed by atoms with Crippen molar-refractivity contribution in [3.63, 3.8) is 0 Å². The average molecular weight is 329 g/mol. The summed E-state index contributed by atoms with van der Waals surface area (Å²) in [6.07, 6.45) is 0.490. The normalized spacial score (nSPS) is 26.8. The summed E-state index contributed by atoms with van der Waals surface area (Å²) in [4.78, 5) is 24.0. The number of nitrogens with one attached hydrogen (secondary N) is 1. The van der Waals surface area contributed by atoms with Gasteiger partial charge in [0.15, 0.2) is 5.79 Å². The maximum Gasteiger partial charge on any atom is 0.407 e. The number of rotatable bonds is 3. The number of ether oxygens (including phenoxy) is 3. The van der Waals surface area contributed by atoms with E-state index in [1.54, 1.807) is 27.7 Å². The molecule has 132 valence electrons. The van der Waals surface area contributed by atoms with Gasteiger partial charge in [0.25, 0.3) is 0 Å². The summed E-state index contributed by atoms with van der Waals surface area (Å²) < 4.78 is 16.4. The first-order valence-electron chi connectivity index (χ1n) is 8.03. The zero-order valence-electron chi connectivity index (χ0n) is 14.3. The first kappa shape index (κ1) is 18.2. The molecule has 0 aromatic rings. The third-order valence-electron chi connectivity index (χ3n) is 4.21. The van der Waals surface area contributed by atoms with E-state index >= 15 is 0 Å². The Labute approximate surface area is 136 Å². The van der Waals surface area contributed by atoms with Crippen LogP contribution >= 0.6 is 0 Å². The third-order valence-corrected chi connectivity index (χ3v) is 4.21. The van der Waals surface area contributed by atoms with Crippen molar-refractivity contribution < 1.29 is 28.9 Å². The number of amides is 1. The number of hydrogen-bond acceptors (Lipinski definition) is 6. The van der Waals surface area contributed by atoms with Crippen LogP contribution < -0.4 is 5.32 Å². The van der Waals surface area contributed by atoms with Crippen LogP contribution in [0.15, 0.2) is 0 Å². The number of carbonyl (C=O) groups is 2. The van der Waals surface area contributed by atoms with Crippen molar-refractivity contribution in [2.24, 2.45) is 5.92 Å². The first-order chi connectivity index (χ1) is 10.5. The minimum atomic E-state index is -1.39. The van der Waals surface area contributed by atoms with Gasteiger partial charge < -0.3 is 24.6 Å². The van der Waals surface area contributed by atoms with E-state index in [0.717, 1.165) is 0 Å². The van der Waals surface area contributed by atoms with E-state index in [-0.39, 0.29) is 12.3 Å². The second-order valence-electron chi connectivity index (χ2n) is 7.54. The van der Waals surface area contributed by atoms with E-state index in [1.165, 1.54) is 0 Å². The highest BCUT2D eigenvalue weighted by Crippen LogP contribution is 2.40. The van der Waals surface area contributed by atoms with Crippen molar-refractivity contribution in [3.8, 4) is 0 Å². The van der Waals surface area contributed by atoms with Gasteiger partial charge >= 0.3 is 6.09 Å². The van der Waals surface area contributed by atoms with Crippen LogP contribution in [0.5, 0.6) is 0 Å². The Morgan fingerprint density at radius 3 is 2.52 bits per heavy atom. The molecular formula is C16H27NO6. The number of ketones is 1. The first-order valence-corrected chi connectivity index (χ1v) is 8.03. The van der Waals surface area contributed by atoms with Crippen molar-refractivity contribution in [2.75, 3.05) is 19.8 Å². The van der Waals surface area contributed by atoms with E-state index < -0.39 is 29.0 Å². The molecule has 1 aliphatic carbocycles. The number of alkyl carbamates (subject to hydrolysis) is 1. The largest absolute Gasteiger partial charge is 0.444 e. The molecule has 2 aliphatic rings. The number of hydrogen-bond donors (Lipinski definition) is 2. The van der Waals surface area contributed by atoms with Crippen molar-refractivity contribution in [2.45, 2.75) is 63.9 Å². The summed E-state index contributed by atoms with van der Waals surface area (Å²) in [7, 11) is 0. The fourth-order valence-corrected chi connectivity index (χ4v) is 3.03. The Kier molecular flexibility index (Phi) is 5.03. The van der Waals surface area contributed by atoms with Crippen LogP contribution in [0.4, 0.5) is 4.79 Å². The molecular weight excluding hydrogens is 302 g/mol. The predicted octanol–water partition coefficient (Wildman–Crippen LogP) is 1.37. The van der Waals surface area contributed by atoms with Crippen molar-refractivity contribution in [1.82, 2.24) is 5.32 Å². The number of Topliss-reactive ketones (excluding diaryl/α,β-unsaturated/α-hetero) is 1. The molecule has 0 bridgehead atoms. The molecule has 2 atom stereocenters. The van der Waals surface area contributed by atoms with E-state index in [4.69, 9.17) is 14.2 Å². The summed E-state index contributed by atoms with van der Waals surface area (Å²) in [5, 5.41) is 13.2. The molecule has 1 heterocycles. The molecule has 2 rings (SSSR count). The summed E-state index contributed by atoms with van der Waals surface area (Å²) in [6.45, 7) is 7.74. The van der Waals surface area contributed by atoms with E-state index in [9.17, 15) is 14.7 Å². The van der Waals surface area contributed by atoms with Gasteiger partial charge in [0, 0.05) is 19.3 Å². The fraction of sp³-hybridized carbons (Fsp3) is 0.875. The number of carbonyl (C=O) groups excluding carboxylic acids is 2. The molecule has 7 nitrogen and oxygen atoms in total. The highest BCUT2D eigenvalue weighted by molar-refractivity contribution is 5.83. The molecule has 0 aromatic carbocycles. The van der Waals surface area contributed by atoms with E-state index in [0.29, 0.717) is 32.5 Å². The maximum atomic E-state index is 12.2. The molecule has 2 N–H and O–H groups in total. The lowest BCUT2D eigenvalue weighted by Crippen LogP contribution is -2.54. The molecule has 7 heteroatoms. The topological polar surface area (TPSA) is 94.1 Å². The van der Waals surface area contributed by atoms with Gasteiger partial charge in [-0.1, -0.05) is 0 Å². The van der Waals surface area contributed by atoms with Crippen LogP contribution in [-0.4, -0.2) is 53.7 Å². The molecule has 1 spiro atoms. The monoisotopic (exact) mass is 329 g/mol. The predicted molar refractivity (Wildman–Crippen MR) is 81.8 cm³/mol. The molecule has 1 saturated carbocycles. The Hall–Kier alpha value is -1.18. The van der Waals surface area contributed by atoms with Crippen LogP contribution in [0, 0.1) is 5.92 Å². The third kappa shape index (κ3) is 4.65. The zero-order valence-corrected chi connectivity index (χ0v) is 14.3. The average Bonchev–Trinajstić information content (AvgIpc) is 2.86. The summed E-state index contributed by atoms with van der Waals surface area (Å²) in [6, 6.07) is 0. The number of aliphatic hydroxyl groups is 1. The van der Waals surface area contributed by atoms with Crippen molar-refractivity contribution in [3.05, 3.63) is 0 Å². The van der Waals surface area contributed by atoms with Gasteiger partial charge in [-0.05, 0) is 27.7 Å². The van der Waals surface area contributed by atoms with Crippen molar-refractivity contribution in [1.29, 1.82) is 0 Å². The molecule has 1 aliphatic heterocycles. The molecule has 2 unspecified atom stereocenters. The second kappa shape index (κ2) is 6.37. The van der Waals surface area contributed by atoms with Gasteiger partial charge in [0.2, 0.25) is 0 Å². The highest BCUT2D eigenvalue weighted by atomic mass is 16.7. The fourth-order valence-electron chi connectivity index (χ4n) is 3.03. The maximum absolute atomic E-state index is 12.2. The summed E-state index contributed by atoms with van der Waals surface area (Å²) >= 11 is 0. The van der Waals surface area contributed by atoms with Crippen LogP contribution in [0.2, 0.25) is 0 Å². The quantitative estimate of drug-likeness (QED) is 0.812. The molecule has 2 fully saturated rings. The van der Waals surface area contributed by atoms with Crippen LogP contribution in [-0.2, 0) is 19.0 Å². The highest BCUT2D eigenvalue weighted by Gasteiger charge is 2.50. The van der Waals surface area contributed by atoms with E-state index in [1.807, 2.05) is 0 Å².